The highest BCUT2D eigenvalue weighted by Crippen LogP contribution is 2.30. The molecule has 0 aromatic carbocycles. The molecule has 0 radical (unpaired) electrons. The van der Waals surface area contributed by atoms with Crippen molar-refractivity contribution in [1.82, 2.24) is 19.3 Å². The van der Waals surface area contributed by atoms with Gasteiger partial charge in [-0.2, -0.15) is 0 Å². The summed E-state index contributed by atoms with van der Waals surface area (Å²) in [6.07, 6.45) is 4.71. The van der Waals surface area contributed by atoms with E-state index in [2.05, 4.69) is 49.8 Å². The Morgan fingerprint density at radius 3 is 2.95 bits per heavy atom. The van der Waals surface area contributed by atoms with E-state index < -0.39 is 0 Å². The minimum Gasteiger partial charge on any atom is -0.353 e. The van der Waals surface area contributed by atoms with Gasteiger partial charge in [0.15, 0.2) is 11.0 Å². The molecule has 7 heteroatoms. The lowest BCUT2D eigenvalue weighted by molar-refractivity contribution is 0.315. The van der Waals surface area contributed by atoms with Gasteiger partial charge in [-0.3, -0.25) is 4.40 Å². The maximum Gasteiger partial charge on any atom is 0.162 e. The van der Waals surface area contributed by atoms with E-state index in [0.717, 1.165) is 35.4 Å². The molecular formula is C12H15BrClN5. The summed E-state index contributed by atoms with van der Waals surface area (Å²) >= 11 is 9.62. The number of imidazole rings is 1. The summed E-state index contributed by atoms with van der Waals surface area (Å²) in [4.78, 5) is 13.2. The van der Waals surface area contributed by atoms with Gasteiger partial charge in [-0.1, -0.05) is 11.6 Å². The Hall–Kier alpha value is -0.850. The zero-order valence-electron chi connectivity index (χ0n) is 10.8. The largest absolute Gasteiger partial charge is 0.353 e. The minimum absolute atomic E-state index is 0.466. The van der Waals surface area contributed by atoms with E-state index >= 15 is 0 Å². The monoisotopic (exact) mass is 343 g/mol. The second-order valence-corrected chi connectivity index (χ2v) is 6.13. The summed E-state index contributed by atoms with van der Waals surface area (Å²) in [6, 6.07) is 0.562. The summed E-state index contributed by atoms with van der Waals surface area (Å²) in [5.41, 5.74) is 0.982. The number of likely N-dealkylation sites (N-methyl/N-ethyl adjacent to an activating group) is 1. The molecule has 0 bridgehead atoms. The number of nitrogens with zero attached hydrogens (tertiary/aromatic N) is 5. The van der Waals surface area contributed by atoms with E-state index in [9.17, 15) is 0 Å². The van der Waals surface area contributed by atoms with Gasteiger partial charge in [0, 0.05) is 19.1 Å². The fraction of sp³-hybridized carbons (Fsp3) is 0.500. The summed E-state index contributed by atoms with van der Waals surface area (Å²) in [6.45, 7) is 1.97. The summed E-state index contributed by atoms with van der Waals surface area (Å²) < 4.78 is 2.67. The summed E-state index contributed by atoms with van der Waals surface area (Å²) in [5.74, 6) is 0.912. The summed E-state index contributed by atoms with van der Waals surface area (Å²) in [5, 5.41) is 0.466. The molecule has 3 heterocycles. The highest BCUT2D eigenvalue weighted by molar-refractivity contribution is 9.10. The van der Waals surface area contributed by atoms with Gasteiger partial charge >= 0.3 is 0 Å². The van der Waals surface area contributed by atoms with Crippen molar-refractivity contribution in [2.75, 3.05) is 32.1 Å². The first kappa shape index (κ1) is 13.1. The second kappa shape index (κ2) is 4.92. The van der Waals surface area contributed by atoms with Crippen LogP contribution in [-0.4, -0.2) is 52.5 Å². The Balaban J connectivity index is 2.02. The van der Waals surface area contributed by atoms with E-state index in [-0.39, 0.29) is 0 Å². The van der Waals surface area contributed by atoms with Crippen molar-refractivity contribution >= 4 is 38.9 Å². The Morgan fingerprint density at radius 1 is 1.47 bits per heavy atom. The number of fused-ring (bicyclic) bond motifs is 1. The molecular weight excluding hydrogens is 330 g/mol. The molecule has 1 saturated heterocycles. The van der Waals surface area contributed by atoms with Crippen molar-refractivity contribution in [3.05, 3.63) is 22.3 Å². The number of halogens is 2. The van der Waals surface area contributed by atoms with Crippen LogP contribution < -0.4 is 4.90 Å². The molecule has 0 amide bonds. The molecule has 0 saturated carbocycles. The fourth-order valence-corrected chi connectivity index (χ4v) is 3.04. The van der Waals surface area contributed by atoms with Crippen LogP contribution >= 0.6 is 27.5 Å². The topological polar surface area (TPSA) is 36.7 Å². The van der Waals surface area contributed by atoms with Crippen LogP contribution in [0.25, 0.3) is 5.52 Å². The number of rotatable bonds is 2. The van der Waals surface area contributed by atoms with Gasteiger partial charge in [-0.15, -0.1) is 0 Å². The molecule has 3 rings (SSSR count). The highest BCUT2D eigenvalue weighted by Gasteiger charge is 2.27. The van der Waals surface area contributed by atoms with Gasteiger partial charge in [-0.25, -0.2) is 9.97 Å². The molecule has 2 aromatic rings. The first-order valence-corrected chi connectivity index (χ1v) is 7.33. The van der Waals surface area contributed by atoms with Gasteiger partial charge < -0.3 is 9.80 Å². The average molecular weight is 345 g/mol. The molecule has 102 valence electrons. The Bertz CT molecular complexity index is 611. The third kappa shape index (κ3) is 2.22. The van der Waals surface area contributed by atoms with E-state index in [0.29, 0.717) is 11.2 Å². The van der Waals surface area contributed by atoms with Gasteiger partial charge in [0.2, 0.25) is 0 Å². The van der Waals surface area contributed by atoms with Crippen molar-refractivity contribution in [3.63, 3.8) is 0 Å². The van der Waals surface area contributed by atoms with E-state index in [1.807, 2.05) is 10.6 Å². The molecule has 1 atom stereocenters. The first-order chi connectivity index (χ1) is 9.08. The third-order valence-electron chi connectivity index (χ3n) is 3.65. The lowest BCUT2D eigenvalue weighted by Crippen LogP contribution is -2.31. The minimum atomic E-state index is 0.466. The van der Waals surface area contributed by atoms with E-state index in [1.54, 1.807) is 6.33 Å². The van der Waals surface area contributed by atoms with Crippen molar-refractivity contribution < 1.29 is 0 Å². The van der Waals surface area contributed by atoms with Crippen LogP contribution in [0.1, 0.15) is 6.42 Å². The smallest absolute Gasteiger partial charge is 0.162 e. The predicted octanol–water partition coefficient (Wildman–Crippen LogP) is 2.29. The quantitative estimate of drug-likeness (QED) is 0.837. The van der Waals surface area contributed by atoms with Crippen molar-refractivity contribution in [2.45, 2.75) is 12.5 Å². The molecule has 1 fully saturated rings. The maximum absolute atomic E-state index is 6.18. The Morgan fingerprint density at radius 2 is 2.26 bits per heavy atom. The number of aromatic nitrogens is 3. The molecule has 0 spiro atoms. The van der Waals surface area contributed by atoms with Gasteiger partial charge in [0.05, 0.1) is 6.20 Å². The van der Waals surface area contributed by atoms with Crippen LogP contribution in [0.15, 0.2) is 17.1 Å². The van der Waals surface area contributed by atoms with Crippen LogP contribution in [0.4, 0.5) is 5.82 Å². The molecule has 5 nitrogen and oxygen atoms in total. The predicted molar refractivity (Wildman–Crippen MR) is 80.0 cm³/mol. The van der Waals surface area contributed by atoms with Crippen molar-refractivity contribution in [2.24, 2.45) is 0 Å². The normalized spacial score (nSPS) is 19.8. The molecule has 0 N–H and O–H groups in total. The molecule has 1 aliphatic heterocycles. The lowest BCUT2D eigenvalue weighted by Gasteiger charge is -2.22. The fourth-order valence-electron chi connectivity index (χ4n) is 2.50. The SMILES string of the molecule is CN(C)[C@H]1CCN(c2nc(Cl)c(Br)n3cncc23)C1. The highest BCUT2D eigenvalue weighted by atomic mass is 79.9. The Kier molecular flexibility index (Phi) is 3.41. The van der Waals surface area contributed by atoms with Crippen molar-refractivity contribution in [1.29, 1.82) is 0 Å². The van der Waals surface area contributed by atoms with Crippen LogP contribution in [0, 0.1) is 0 Å². The van der Waals surface area contributed by atoms with Crippen LogP contribution in [-0.2, 0) is 0 Å². The number of anilines is 1. The van der Waals surface area contributed by atoms with E-state index in [1.165, 1.54) is 0 Å². The second-order valence-electron chi connectivity index (χ2n) is 5.02. The van der Waals surface area contributed by atoms with Crippen molar-refractivity contribution in [3.8, 4) is 0 Å². The van der Waals surface area contributed by atoms with Crippen LogP contribution in [0.3, 0.4) is 0 Å². The van der Waals surface area contributed by atoms with Crippen LogP contribution in [0.5, 0.6) is 0 Å². The molecule has 2 aromatic heterocycles. The molecule has 1 aliphatic rings. The number of hydrogen-bond acceptors (Lipinski definition) is 4. The number of hydrogen-bond donors (Lipinski definition) is 0. The van der Waals surface area contributed by atoms with E-state index in [4.69, 9.17) is 11.6 Å². The molecule has 0 unspecified atom stereocenters. The van der Waals surface area contributed by atoms with Crippen LogP contribution in [0.2, 0.25) is 5.15 Å². The first-order valence-electron chi connectivity index (χ1n) is 6.16. The lowest BCUT2D eigenvalue weighted by atomic mass is 10.2. The molecule has 19 heavy (non-hydrogen) atoms. The van der Waals surface area contributed by atoms with Gasteiger partial charge in [0.1, 0.15) is 16.4 Å². The Labute approximate surface area is 125 Å². The zero-order chi connectivity index (χ0) is 13.6. The third-order valence-corrected chi connectivity index (χ3v) is 4.90. The summed E-state index contributed by atoms with van der Waals surface area (Å²) in [7, 11) is 4.23. The molecule has 0 aliphatic carbocycles. The average Bonchev–Trinajstić information content (AvgIpc) is 3.02. The maximum atomic E-state index is 6.18. The van der Waals surface area contributed by atoms with Gasteiger partial charge in [0.25, 0.3) is 0 Å². The zero-order valence-corrected chi connectivity index (χ0v) is 13.2. The van der Waals surface area contributed by atoms with Gasteiger partial charge in [-0.05, 0) is 36.4 Å². The standard InChI is InChI=1S/C12H15BrClN5/c1-17(2)8-3-4-18(6-8)12-9-5-15-7-19(9)10(13)11(14)16-12/h5,7-8H,3-4,6H2,1-2H3/t8-/m0/s1.